The number of nitrogens with zero attached hydrogens (tertiary/aromatic N) is 4. The fraction of sp³-hybridized carbons (Fsp3) is 0.500. The molecule has 4 rings (SSSR count). The summed E-state index contributed by atoms with van der Waals surface area (Å²) in [5, 5.41) is 5.91. The number of anilines is 1. The molecule has 0 radical (unpaired) electrons. The van der Waals surface area contributed by atoms with Gasteiger partial charge in [-0.3, -0.25) is 4.79 Å². The molecule has 3 aromatic rings. The Hall–Kier alpha value is -2.41. The minimum absolute atomic E-state index is 0.00290. The van der Waals surface area contributed by atoms with Crippen LogP contribution < -0.4 is 4.90 Å². The van der Waals surface area contributed by atoms with Gasteiger partial charge in [0.05, 0.1) is 11.6 Å². The zero-order valence-electron chi connectivity index (χ0n) is 17.5. The lowest BCUT2D eigenvalue weighted by molar-refractivity contribution is 0.0783. The lowest BCUT2D eigenvalue weighted by atomic mass is 9.99. The minimum atomic E-state index is -0.00290. The van der Waals surface area contributed by atoms with E-state index >= 15 is 0 Å². The number of carbonyl (C=O) groups is 1. The van der Waals surface area contributed by atoms with Crippen molar-refractivity contribution in [2.24, 2.45) is 11.8 Å². The van der Waals surface area contributed by atoms with Gasteiger partial charge in [0.2, 0.25) is 0 Å². The summed E-state index contributed by atoms with van der Waals surface area (Å²) in [6.07, 6.45) is 4.09. The molecule has 1 aromatic carbocycles. The Morgan fingerprint density at radius 2 is 2.10 bits per heavy atom. The summed E-state index contributed by atoms with van der Waals surface area (Å²) in [6, 6.07) is 6.26. The molecule has 0 spiro atoms. The van der Waals surface area contributed by atoms with E-state index in [4.69, 9.17) is 4.52 Å². The van der Waals surface area contributed by atoms with Crippen LogP contribution in [-0.4, -0.2) is 47.6 Å². The van der Waals surface area contributed by atoms with Crippen LogP contribution in [0.5, 0.6) is 0 Å². The molecule has 1 fully saturated rings. The van der Waals surface area contributed by atoms with Gasteiger partial charge in [-0.25, -0.2) is 4.98 Å². The topological polar surface area (TPSA) is 62.5 Å². The molecular formula is C22H28N4O2S. The van der Waals surface area contributed by atoms with E-state index in [0.717, 1.165) is 36.5 Å². The number of fused-ring (bicyclic) bond motifs is 1. The number of carbonyl (C=O) groups excluding carboxylic acids is 1. The average molecular weight is 413 g/mol. The van der Waals surface area contributed by atoms with Crippen LogP contribution in [-0.2, 0) is 0 Å². The number of piperidine rings is 1. The van der Waals surface area contributed by atoms with Crippen molar-refractivity contribution < 1.29 is 9.32 Å². The van der Waals surface area contributed by atoms with Gasteiger partial charge in [-0.2, -0.15) is 0 Å². The van der Waals surface area contributed by atoms with E-state index in [1.807, 2.05) is 7.05 Å². The van der Waals surface area contributed by atoms with Crippen molar-refractivity contribution in [1.82, 2.24) is 15.0 Å². The summed E-state index contributed by atoms with van der Waals surface area (Å²) in [4.78, 5) is 21.8. The van der Waals surface area contributed by atoms with Crippen LogP contribution in [0.2, 0.25) is 0 Å². The van der Waals surface area contributed by atoms with Crippen LogP contribution in [0.15, 0.2) is 28.9 Å². The first kappa shape index (κ1) is 19.9. The summed E-state index contributed by atoms with van der Waals surface area (Å²) < 4.78 is 5.62. The Labute approximate surface area is 175 Å². The van der Waals surface area contributed by atoms with Crippen LogP contribution in [0.1, 0.15) is 43.3 Å². The molecule has 154 valence electrons. The van der Waals surface area contributed by atoms with Crippen molar-refractivity contribution in [2.75, 3.05) is 31.6 Å². The normalized spacial score (nSPS) is 15.4. The van der Waals surface area contributed by atoms with Crippen molar-refractivity contribution in [2.45, 2.75) is 33.6 Å². The molecular weight excluding hydrogens is 384 g/mol. The molecule has 1 aliphatic heterocycles. The third kappa shape index (κ3) is 4.15. The lowest BCUT2D eigenvalue weighted by Gasteiger charge is -2.32. The monoisotopic (exact) mass is 412 g/mol. The standard InChI is InChI=1S/C22H28N4O2S/c1-14(2)13-25(4)22(27)19-12-23-21(29-19)20-17-6-5-16(11-18(17)28-24-20)26-9-7-15(3)8-10-26/h5-6,11-12,14-15H,7-10,13H2,1-4H3. The molecule has 0 N–H and O–H groups in total. The first-order valence-corrected chi connectivity index (χ1v) is 11.1. The number of thiazole rings is 1. The SMILES string of the molecule is CC(C)CN(C)C(=O)c1cnc(-c2noc3cc(N4CCC(C)CC4)ccc23)s1. The van der Waals surface area contributed by atoms with E-state index in [2.05, 4.69) is 54.0 Å². The number of hydrogen-bond donors (Lipinski definition) is 0. The van der Waals surface area contributed by atoms with Crippen molar-refractivity contribution in [3.8, 4) is 10.7 Å². The van der Waals surface area contributed by atoms with Gasteiger partial charge in [0.1, 0.15) is 15.6 Å². The third-order valence-electron chi connectivity index (χ3n) is 5.51. The van der Waals surface area contributed by atoms with Crippen molar-refractivity contribution in [3.63, 3.8) is 0 Å². The first-order valence-electron chi connectivity index (χ1n) is 10.3. The smallest absolute Gasteiger partial charge is 0.265 e. The maximum Gasteiger partial charge on any atom is 0.265 e. The highest BCUT2D eigenvalue weighted by atomic mass is 32.1. The molecule has 2 aromatic heterocycles. The van der Waals surface area contributed by atoms with Crippen LogP contribution in [0.3, 0.4) is 0 Å². The number of hydrogen-bond acceptors (Lipinski definition) is 6. The van der Waals surface area contributed by atoms with Crippen LogP contribution in [0.25, 0.3) is 21.7 Å². The molecule has 3 heterocycles. The fourth-order valence-electron chi connectivity index (χ4n) is 3.85. The lowest BCUT2D eigenvalue weighted by Crippen LogP contribution is -2.32. The maximum absolute atomic E-state index is 12.6. The second kappa shape index (κ2) is 8.14. The summed E-state index contributed by atoms with van der Waals surface area (Å²) in [5.41, 5.74) is 2.64. The summed E-state index contributed by atoms with van der Waals surface area (Å²) in [7, 11) is 1.83. The number of rotatable bonds is 5. The van der Waals surface area contributed by atoms with E-state index in [9.17, 15) is 4.79 Å². The Morgan fingerprint density at radius 3 is 2.83 bits per heavy atom. The molecule has 0 bridgehead atoms. The quantitative estimate of drug-likeness (QED) is 0.595. The van der Waals surface area contributed by atoms with E-state index in [1.54, 1.807) is 11.1 Å². The molecule has 0 atom stereocenters. The van der Waals surface area contributed by atoms with Gasteiger partial charge in [0, 0.05) is 38.4 Å². The Bertz CT molecular complexity index is 1000. The van der Waals surface area contributed by atoms with Gasteiger partial charge in [0.15, 0.2) is 5.58 Å². The van der Waals surface area contributed by atoms with Crippen LogP contribution >= 0.6 is 11.3 Å². The van der Waals surface area contributed by atoms with Gasteiger partial charge in [-0.05, 0) is 36.8 Å². The van der Waals surface area contributed by atoms with Gasteiger partial charge < -0.3 is 14.3 Å². The van der Waals surface area contributed by atoms with Gasteiger partial charge in [0.25, 0.3) is 5.91 Å². The zero-order valence-corrected chi connectivity index (χ0v) is 18.3. The zero-order chi connectivity index (χ0) is 20.5. The third-order valence-corrected chi connectivity index (χ3v) is 6.50. The largest absolute Gasteiger partial charge is 0.371 e. The molecule has 0 aliphatic carbocycles. The van der Waals surface area contributed by atoms with E-state index in [1.165, 1.54) is 29.9 Å². The maximum atomic E-state index is 12.6. The highest BCUT2D eigenvalue weighted by Crippen LogP contribution is 2.34. The molecule has 1 amide bonds. The number of aromatic nitrogens is 2. The van der Waals surface area contributed by atoms with Crippen LogP contribution in [0, 0.1) is 11.8 Å². The molecule has 7 heteroatoms. The molecule has 1 saturated heterocycles. The van der Waals surface area contributed by atoms with Gasteiger partial charge >= 0.3 is 0 Å². The van der Waals surface area contributed by atoms with Crippen molar-refractivity contribution >= 4 is 33.9 Å². The number of benzene rings is 1. The van der Waals surface area contributed by atoms with Gasteiger partial charge in [-0.15, -0.1) is 11.3 Å². The summed E-state index contributed by atoms with van der Waals surface area (Å²) >= 11 is 1.37. The molecule has 0 saturated carbocycles. The summed E-state index contributed by atoms with van der Waals surface area (Å²) in [5.74, 6) is 1.22. The predicted octanol–water partition coefficient (Wildman–Crippen LogP) is 4.92. The Balaban J connectivity index is 1.56. The Morgan fingerprint density at radius 1 is 1.34 bits per heavy atom. The highest BCUT2D eigenvalue weighted by Gasteiger charge is 2.21. The average Bonchev–Trinajstić information content (AvgIpc) is 3.33. The fourth-order valence-corrected chi connectivity index (χ4v) is 4.75. The van der Waals surface area contributed by atoms with E-state index < -0.39 is 0 Å². The number of amides is 1. The first-order chi connectivity index (χ1) is 13.9. The van der Waals surface area contributed by atoms with Crippen LogP contribution in [0.4, 0.5) is 5.69 Å². The van der Waals surface area contributed by atoms with Gasteiger partial charge in [-0.1, -0.05) is 25.9 Å². The molecule has 6 nitrogen and oxygen atoms in total. The molecule has 1 aliphatic rings. The van der Waals surface area contributed by atoms with E-state index in [-0.39, 0.29) is 5.91 Å². The minimum Gasteiger partial charge on any atom is -0.371 e. The van der Waals surface area contributed by atoms with Crippen molar-refractivity contribution in [3.05, 3.63) is 29.3 Å². The highest BCUT2D eigenvalue weighted by molar-refractivity contribution is 7.17. The van der Waals surface area contributed by atoms with E-state index in [0.29, 0.717) is 21.5 Å². The predicted molar refractivity (Wildman–Crippen MR) is 118 cm³/mol. The second-order valence-electron chi connectivity index (χ2n) is 8.49. The van der Waals surface area contributed by atoms with Crippen molar-refractivity contribution in [1.29, 1.82) is 0 Å². The molecule has 0 unspecified atom stereocenters. The second-order valence-corrected chi connectivity index (χ2v) is 9.52. The molecule has 29 heavy (non-hydrogen) atoms. The summed E-state index contributed by atoms with van der Waals surface area (Å²) in [6.45, 7) is 9.39. The Kier molecular flexibility index (Phi) is 5.58.